The van der Waals surface area contributed by atoms with Gasteiger partial charge < -0.3 is 5.11 Å². The SMILES string of the molecule is Cc1ccc(CS(=O)C(C)CC(=O)O)cc1. The van der Waals surface area contributed by atoms with E-state index in [0.29, 0.717) is 5.75 Å². The van der Waals surface area contributed by atoms with Crippen molar-refractivity contribution in [2.75, 3.05) is 0 Å². The first-order valence-electron chi connectivity index (χ1n) is 5.13. The minimum Gasteiger partial charge on any atom is -0.481 e. The number of aliphatic carboxylic acids is 1. The van der Waals surface area contributed by atoms with Gasteiger partial charge in [-0.15, -0.1) is 0 Å². The molecule has 2 unspecified atom stereocenters. The monoisotopic (exact) mass is 240 g/mol. The first kappa shape index (κ1) is 12.9. The van der Waals surface area contributed by atoms with Crippen molar-refractivity contribution in [2.24, 2.45) is 0 Å². The van der Waals surface area contributed by atoms with Gasteiger partial charge in [0, 0.05) is 21.8 Å². The molecular weight excluding hydrogens is 224 g/mol. The fourth-order valence-electron chi connectivity index (χ4n) is 1.33. The van der Waals surface area contributed by atoms with E-state index in [-0.39, 0.29) is 11.7 Å². The zero-order valence-corrected chi connectivity index (χ0v) is 10.3. The van der Waals surface area contributed by atoms with E-state index in [4.69, 9.17) is 5.11 Å². The summed E-state index contributed by atoms with van der Waals surface area (Å²) in [5.74, 6) is -0.473. The lowest BCUT2D eigenvalue weighted by Crippen LogP contribution is -2.17. The molecule has 0 fully saturated rings. The van der Waals surface area contributed by atoms with Gasteiger partial charge in [-0.3, -0.25) is 9.00 Å². The quantitative estimate of drug-likeness (QED) is 0.857. The van der Waals surface area contributed by atoms with Crippen LogP contribution in [-0.2, 0) is 21.3 Å². The summed E-state index contributed by atoms with van der Waals surface area (Å²) in [6, 6.07) is 7.80. The van der Waals surface area contributed by atoms with Gasteiger partial charge in [-0.25, -0.2) is 0 Å². The van der Waals surface area contributed by atoms with Crippen LogP contribution >= 0.6 is 0 Å². The van der Waals surface area contributed by atoms with E-state index >= 15 is 0 Å². The molecule has 1 aromatic rings. The molecule has 0 saturated heterocycles. The highest BCUT2D eigenvalue weighted by molar-refractivity contribution is 7.84. The Morgan fingerprint density at radius 3 is 2.44 bits per heavy atom. The van der Waals surface area contributed by atoms with Crippen LogP contribution in [0.25, 0.3) is 0 Å². The zero-order valence-electron chi connectivity index (χ0n) is 9.47. The lowest BCUT2D eigenvalue weighted by atomic mass is 10.2. The Morgan fingerprint density at radius 2 is 1.94 bits per heavy atom. The number of carbonyl (C=O) groups is 1. The van der Waals surface area contributed by atoms with Crippen LogP contribution in [0.5, 0.6) is 0 Å². The molecule has 0 aliphatic carbocycles. The Bertz CT molecular complexity index is 384. The highest BCUT2D eigenvalue weighted by atomic mass is 32.2. The van der Waals surface area contributed by atoms with Gasteiger partial charge in [-0.2, -0.15) is 0 Å². The van der Waals surface area contributed by atoms with Gasteiger partial charge in [0.1, 0.15) is 0 Å². The molecule has 0 aliphatic heterocycles. The second-order valence-corrected chi connectivity index (χ2v) is 5.77. The molecule has 3 nitrogen and oxygen atoms in total. The largest absolute Gasteiger partial charge is 0.481 e. The van der Waals surface area contributed by atoms with Crippen LogP contribution < -0.4 is 0 Å². The average Bonchev–Trinajstić information content (AvgIpc) is 2.20. The summed E-state index contributed by atoms with van der Waals surface area (Å²) in [5, 5.41) is 8.29. The van der Waals surface area contributed by atoms with Crippen LogP contribution in [0.15, 0.2) is 24.3 Å². The van der Waals surface area contributed by atoms with E-state index in [1.54, 1.807) is 6.92 Å². The molecule has 0 aliphatic rings. The van der Waals surface area contributed by atoms with Crippen molar-refractivity contribution in [1.29, 1.82) is 0 Å². The highest BCUT2D eigenvalue weighted by Crippen LogP contribution is 2.10. The van der Waals surface area contributed by atoms with Gasteiger partial charge in [-0.1, -0.05) is 36.8 Å². The molecule has 1 rings (SSSR count). The van der Waals surface area contributed by atoms with Gasteiger partial charge in [0.2, 0.25) is 0 Å². The third-order valence-corrected chi connectivity index (χ3v) is 4.02. The second kappa shape index (κ2) is 5.80. The number of hydrogen-bond donors (Lipinski definition) is 1. The zero-order chi connectivity index (χ0) is 12.1. The number of hydrogen-bond acceptors (Lipinski definition) is 2. The van der Waals surface area contributed by atoms with E-state index in [2.05, 4.69) is 0 Å². The lowest BCUT2D eigenvalue weighted by molar-refractivity contribution is -0.136. The molecule has 1 aromatic carbocycles. The molecule has 0 aromatic heterocycles. The van der Waals surface area contributed by atoms with E-state index in [0.717, 1.165) is 11.1 Å². The van der Waals surface area contributed by atoms with Crippen LogP contribution in [0.3, 0.4) is 0 Å². The molecule has 0 heterocycles. The van der Waals surface area contributed by atoms with Crippen molar-refractivity contribution >= 4 is 16.8 Å². The minimum atomic E-state index is -1.12. The van der Waals surface area contributed by atoms with Gasteiger partial charge in [0.05, 0.1) is 6.42 Å². The summed E-state index contributed by atoms with van der Waals surface area (Å²) >= 11 is 0. The number of benzene rings is 1. The van der Waals surface area contributed by atoms with Gasteiger partial charge >= 0.3 is 5.97 Å². The van der Waals surface area contributed by atoms with Crippen molar-refractivity contribution in [3.05, 3.63) is 35.4 Å². The van der Waals surface area contributed by atoms with Crippen LogP contribution in [0.1, 0.15) is 24.5 Å². The summed E-state index contributed by atoms with van der Waals surface area (Å²) in [6.07, 6.45) is -0.0432. The average molecular weight is 240 g/mol. The smallest absolute Gasteiger partial charge is 0.304 e. The maximum absolute atomic E-state index is 11.8. The van der Waals surface area contributed by atoms with E-state index < -0.39 is 16.8 Å². The van der Waals surface area contributed by atoms with Crippen LogP contribution in [0.4, 0.5) is 0 Å². The molecule has 2 atom stereocenters. The van der Waals surface area contributed by atoms with Crippen LogP contribution in [0, 0.1) is 6.92 Å². The maximum Gasteiger partial charge on any atom is 0.304 e. The second-order valence-electron chi connectivity index (χ2n) is 3.92. The Labute approximate surface area is 98.0 Å². The molecule has 4 heteroatoms. The van der Waals surface area contributed by atoms with Crippen molar-refractivity contribution < 1.29 is 14.1 Å². The summed E-state index contributed by atoms with van der Waals surface area (Å²) in [6.45, 7) is 3.70. The van der Waals surface area contributed by atoms with Crippen molar-refractivity contribution in [3.63, 3.8) is 0 Å². The molecule has 1 N–H and O–H groups in total. The van der Waals surface area contributed by atoms with Crippen molar-refractivity contribution in [2.45, 2.75) is 31.3 Å². The first-order valence-corrected chi connectivity index (χ1v) is 6.51. The van der Waals surface area contributed by atoms with Crippen molar-refractivity contribution in [3.8, 4) is 0 Å². The minimum absolute atomic E-state index is 0.0432. The van der Waals surface area contributed by atoms with E-state index in [9.17, 15) is 9.00 Å². The van der Waals surface area contributed by atoms with Gasteiger partial charge in [0.15, 0.2) is 0 Å². The normalized spacial score (nSPS) is 14.4. The summed E-state index contributed by atoms with van der Waals surface area (Å²) in [5.41, 5.74) is 2.15. The molecule has 0 spiro atoms. The molecule has 16 heavy (non-hydrogen) atoms. The Morgan fingerprint density at radius 1 is 1.38 bits per heavy atom. The third kappa shape index (κ3) is 4.14. The summed E-state index contributed by atoms with van der Waals surface area (Å²) in [4.78, 5) is 10.5. The Hall–Kier alpha value is -1.16. The van der Waals surface area contributed by atoms with Crippen molar-refractivity contribution in [1.82, 2.24) is 0 Å². The fourth-order valence-corrected chi connectivity index (χ4v) is 2.46. The molecule has 0 radical (unpaired) electrons. The van der Waals surface area contributed by atoms with Gasteiger partial charge in [-0.05, 0) is 12.5 Å². The number of carboxylic acids is 1. The van der Waals surface area contributed by atoms with Crippen LogP contribution in [-0.4, -0.2) is 20.5 Å². The summed E-state index contributed by atoms with van der Waals surface area (Å²) in [7, 11) is -1.12. The molecule has 0 amide bonds. The topological polar surface area (TPSA) is 54.4 Å². The highest BCUT2D eigenvalue weighted by Gasteiger charge is 2.14. The third-order valence-electron chi connectivity index (χ3n) is 2.34. The fraction of sp³-hybridized carbons (Fsp3) is 0.417. The molecule has 88 valence electrons. The Kier molecular flexibility index (Phi) is 4.68. The van der Waals surface area contributed by atoms with E-state index in [1.165, 1.54) is 0 Å². The standard InChI is InChI=1S/C12H16O3S/c1-9-3-5-11(6-4-9)8-16(15)10(2)7-12(13)14/h3-6,10H,7-8H2,1-2H3,(H,13,14). The van der Waals surface area contributed by atoms with E-state index in [1.807, 2.05) is 31.2 Å². The van der Waals surface area contributed by atoms with Gasteiger partial charge in [0.25, 0.3) is 0 Å². The maximum atomic E-state index is 11.8. The van der Waals surface area contributed by atoms with Crippen LogP contribution in [0.2, 0.25) is 0 Å². The molecule has 0 bridgehead atoms. The predicted molar refractivity (Wildman–Crippen MR) is 64.7 cm³/mol. The lowest BCUT2D eigenvalue weighted by Gasteiger charge is -2.08. The number of carboxylic acid groups (broad SMARTS) is 1. The molecule has 0 saturated carbocycles. The summed E-state index contributed by atoms with van der Waals surface area (Å²) < 4.78 is 11.8. The predicted octanol–water partition coefficient (Wildman–Crippen LogP) is 2.11. The first-order chi connectivity index (χ1) is 7.49. The number of rotatable bonds is 5. The number of aryl methyl sites for hydroxylation is 1. The molecular formula is C12H16O3S. The Balaban J connectivity index is 2.57.